The molecule has 0 saturated heterocycles. The maximum Gasteiger partial charge on any atom is 0.417 e. The van der Waals surface area contributed by atoms with E-state index in [1.165, 1.54) is 6.07 Å². The lowest BCUT2D eigenvalue weighted by Crippen LogP contribution is -2.09. The van der Waals surface area contributed by atoms with Gasteiger partial charge in [-0.2, -0.15) is 18.2 Å². The zero-order chi connectivity index (χ0) is 17.3. The first-order valence-electron chi connectivity index (χ1n) is 6.96. The fourth-order valence-corrected chi connectivity index (χ4v) is 2.82. The predicted octanol–water partition coefficient (Wildman–Crippen LogP) is 4.32. The van der Waals surface area contributed by atoms with Crippen LogP contribution in [0.4, 0.5) is 19.1 Å². The predicted molar refractivity (Wildman–Crippen MR) is 85.5 cm³/mol. The van der Waals surface area contributed by atoms with Gasteiger partial charge in [0.1, 0.15) is 5.82 Å². The number of hydrogen-bond acceptors (Lipinski definition) is 3. The van der Waals surface area contributed by atoms with E-state index in [1.54, 1.807) is 30.3 Å². The molecule has 0 bridgehead atoms. The van der Waals surface area contributed by atoms with Crippen LogP contribution in [-0.2, 0) is 12.6 Å². The van der Waals surface area contributed by atoms with Crippen LogP contribution in [0.1, 0.15) is 17.0 Å². The molecule has 0 radical (unpaired) electrons. The molecule has 0 spiro atoms. The van der Waals surface area contributed by atoms with Crippen molar-refractivity contribution < 1.29 is 13.2 Å². The van der Waals surface area contributed by atoms with Gasteiger partial charge >= 0.3 is 6.18 Å². The minimum Gasteiger partial charge on any atom is -0.367 e. The topological polar surface area (TPSA) is 67.6 Å². The third kappa shape index (κ3) is 3.35. The molecule has 8 heteroatoms. The van der Waals surface area contributed by atoms with Crippen molar-refractivity contribution in [1.29, 1.82) is 0 Å². The van der Waals surface area contributed by atoms with Crippen molar-refractivity contribution in [3.63, 3.8) is 0 Å². The number of benzene rings is 2. The Labute approximate surface area is 140 Å². The fourth-order valence-electron chi connectivity index (χ4n) is 2.47. The fraction of sp³-hybridized carbons (Fsp3) is 0.125. The number of anilines is 1. The highest BCUT2D eigenvalue weighted by Gasteiger charge is 2.35. The van der Waals surface area contributed by atoms with Gasteiger partial charge in [-0.25, -0.2) is 0 Å². The van der Waals surface area contributed by atoms with Crippen LogP contribution in [-0.4, -0.2) is 15.2 Å². The number of hydrogen-bond donors (Lipinski definition) is 2. The Hall–Kier alpha value is -2.54. The van der Waals surface area contributed by atoms with Gasteiger partial charge in [0.2, 0.25) is 5.95 Å². The summed E-state index contributed by atoms with van der Waals surface area (Å²) in [6.07, 6.45) is -4.42. The van der Waals surface area contributed by atoms with E-state index < -0.39 is 11.7 Å². The van der Waals surface area contributed by atoms with Crippen LogP contribution >= 0.6 is 11.6 Å². The first kappa shape index (κ1) is 16.3. The molecule has 3 N–H and O–H groups in total. The summed E-state index contributed by atoms with van der Waals surface area (Å²) in [7, 11) is 0. The highest BCUT2D eigenvalue weighted by Crippen LogP contribution is 2.41. The third-order valence-electron chi connectivity index (χ3n) is 3.44. The summed E-state index contributed by atoms with van der Waals surface area (Å²) >= 11 is 6.18. The average Bonchev–Trinajstić information content (AvgIpc) is 2.92. The Morgan fingerprint density at radius 2 is 1.83 bits per heavy atom. The molecular weight excluding hydrogens is 341 g/mol. The van der Waals surface area contributed by atoms with E-state index in [4.69, 9.17) is 17.3 Å². The van der Waals surface area contributed by atoms with Crippen molar-refractivity contribution in [1.82, 2.24) is 15.2 Å². The number of nitrogen functional groups attached to an aromatic ring is 1. The van der Waals surface area contributed by atoms with Gasteiger partial charge in [-0.3, -0.25) is 5.10 Å². The van der Waals surface area contributed by atoms with Gasteiger partial charge < -0.3 is 5.73 Å². The van der Waals surface area contributed by atoms with Crippen molar-refractivity contribution in [2.45, 2.75) is 12.6 Å². The highest BCUT2D eigenvalue weighted by molar-refractivity contribution is 6.33. The Kier molecular flexibility index (Phi) is 4.19. The van der Waals surface area contributed by atoms with E-state index in [0.717, 1.165) is 6.07 Å². The maximum absolute atomic E-state index is 13.5. The molecular formula is C16H12ClF3N4. The Balaban J connectivity index is 2.11. The van der Waals surface area contributed by atoms with Crippen molar-refractivity contribution >= 4 is 17.5 Å². The van der Waals surface area contributed by atoms with E-state index >= 15 is 0 Å². The van der Waals surface area contributed by atoms with Gasteiger partial charge in [-0.15, -0.1) is 5.10 Å². The van der Waals surface area contributed by atoms with Crippen molar-refractivity contribution in [2.75, 3.05) is 5.73 Å². The molecule has 124 valence electrons. The Morgan fingerprint density at radius 3 is 2.42 bits per heavy atom. The van der Waals surface area contributed by atoms with E-state index in [2.05, 4.69) is 15.2 Å². The molecule has 0 fully saturated rings. The number of nitrogens with two attached hydrogens (primary N) is 1. The number of alkyl halides is 3. The van der Waals surface area contributed by atoms with Gasteiger partial charge in [-0.1, -0.05) is 41.9 Å². The van der Waals surface area contributed by atoms with E-state index in [-0.39, 0.29) is 23.0 Å². The summed E-state index contributed by atoms with van der Waals surface area (Å²) in [6, 6.07) is 10.8. The number of halogens is 4. The maximum atomic E-state index is 13.5. The van der Waals surface area contributed by atoms with Crippen LogP contribution in [0.15, 0.2) is 42.5 Å². The van der Waals surface area contributed by atoms with Gasteiger partial charge in [0.15, 0.2) is 0 Å². The Bertz CT molecular complexity index is 860. The second-order valence-electron chi connectivity index (χ2n) is 5.18. The second-order valence-corrected chi connectivity index (χ2v) is 5.59. The third-order valence-corrected chi connectivity index (χ3v) is 3.74. The molecule has 0 amide bonds. The van der Waals surface area contributed by atoms with Crippen molar-refractivity contribution in [2.24, 2.45) is 0 Å². The molecule has 0 aliphatic heterocycles. The summed E-state index contributed by atoms with van der Waals surface area (Å²) in [5.74, 6) is 0.400. The van der Waals surface area contributed by atoms with Crippen molar-refractivity contribution in [3.8, 4) is 11.1 Å². The standard InChI is InChI=1S/C16H12ClF3N4/c17-12-7-9(8-13-22-15(21)24-23-13)6-11(16(18,19)20)14(12)10-4-2-1-3-5-10/h1-7H,8H2,(H3,21,22,23,24). The Morgan fingerprint density at radius 1 is 1.12 bits per heavy atom. The first-order chi connectivity index (χ1) is 11.3. The van der Waals surface area contributed by atoms with Crippen molar-refractivity contribution in [3.05, 3.63) is 64.4 Å². The lowest BCUT2D eigenvalue weighted by atomic mass is 9.96. The second kappa shape index (κ2) is 6.16. The molecule has 0 atom stereocenters. The number of H-pyrrole nitrogens is 1. The first-order valence-corrected chi connectivity index (χ1v) is 7.34. The molecule has 0 aliphatic carbocycles. The van der Waals surface area contributed by atoms with Gasteiger partial charge in [0.05, 0.1) is 5.56 Å². The molecule has 1 aromatic heterocycles. The lowest BCUT2D eigenvalue weighted by Gasteiger charge is -2.16. The molecule has 0 saturated carbocycles. The number of rotatable bonds is 3. The molecule has 0 unspecified atom stereocenters. The van der Waals surface area contributed by atoms with Crippen LogP contribution in [0.3, 0.4) is 0 Å². The molecule has 2 aromatic carbocycles. The summed E-state index contributed by atoms with van der Waals surface area (Å²) in [5, 5.41) is 6.25. The molecule has 24 heavy (non-hydrogen) atoms. The number of nitrogens with one attached hydrogen (secondary N) is 1. The van der Waals surface area contributed by atoms with Crippen LogP contribution in [0.2, 0.25) is 5.02 Å². The van der Waals surface area contributed by atoms with Crippen LogP contribution in [0.25, 0.3) is 11.1 Å². The van der Waals surface area contributed by atoms with Crippen LogP contribution in [0, 0.1) is 0 Å². The number of aromatic amines is 1. The zero-order valence-electron chi connectivity index (χ0n) is 12.2. The summed E-state index contributed by atoms with van der Waals surface area (Å²) in [5.41, 5.74) is 5.35. The van der Waals surface area contributed by atoms with E-state index in [9.17, 15) is 13.2 Å². The molecule has 1 heterocycles. The van der Waals surface area contributed by atoms with Gasteiger partial charge in [0, 0.05) is 17.0 Å². The molecule has 0 aliphatic rings. The molecule has 3 rings (SSSR count). The normalized spacial score (nSPS) is 11.7. The zero-order valence-corrected chi connectivity index (χ0v) is 13.0. The summed E-state index contributed by atoms with van der Waals surface area (Å²) in [6.45, 7) is 0. The minimum atomic E-state index is -4.54. The van der Waals surface area contributed by atoms with Crippen LogP contribution < -0.4 is 5.73 Å². The van der Waals surface area contributed by atoms with E-state index in [0.29, 0.717) is 17.0 Å². The number of nitrogens with zero attached hydrogens (tertiary/aromatic N) is 2. The van der Waals surface area contributed by atoms with Gasteiger partial charge in [-0.05, 0) is 23.3 Å². The molecule has 3 aromatic rings. The monoisotopic (exact) mass is 352 g/mol. The van der Waals surface area contributed by atoms with Gasteiger partial charge in [0.25, 0.3) is 0 Å². The average molecular weight is 353 g/mol. The molecule has 4 nitrogen and oxygen atoms in total. The summed E-state index contributed by atoms with van der Waals surface area (Å²) < 4.78 is 40.6. The minimum absolute atomic E-state index is 0.0264. The quantitative estimate of drug-likeness (QED) is 0.737. The SMILES string of the molecule is Nc1n[nH]c(Cc2cc(Cl)c(-c3ccccc3)c(C(F)(F)F)c2)n1. The largest absolute Gasteiger partial charge is 0.417 e. The number of aromatic nitrogens is 3. The lowest BCUT2D eigenvalue weighted by molar-refractivity contribution is -0.137. The van der Waals surface area contributed by atoms with Crippen LogP contribution in [0.5, 0.6) is 0 Å². The highest BCUT2D eigenvalue weighted by atomic mass is 35.5. The smallest absolute Gasteiger partial charge is 0.367 e. The van der Waals surface area contributed by atoms with E-state index in [1.807, 2.05) is 0 Å². The summed E-state index contributed by atoms with van der Waals surface area (Å²) in [4.78, 5) is 3.89.